The summed E-state index contributed by atoms with van der Waals surface area (Å²) in [7, 11) is 0. The fourth-order valence-electron chi connectivity index (χ4n) is 11.6. The van der Waals surface area contributed by atoms with Gasteiger partial charge in [-0.2, -0.15) is 0 Å². The maximum atomic E-state index is 2.37. The summed E-state index contributed by atoms with van der Waals surface area (Å²) in [6, 6.07) is 126. The lowest BCUT2D eigenvalue weighted by atomic mass is 9.99. The van der Waals surface area contributed by atoms with Crippen LogP contribution in [-0.2, 0) is 0 Å². The predicted molar refractivity (Wildman–Crippen MR) is 356 cm³/mol. The first-order chi connectivity index (χ1) is 41.6. The van der Waals surface area contributed by atoms with Crippen molar-refractivity contribution in [1.29, 1.82) is 0 Å². The standard InChI is InChI=1S/C80H58N4/c1-7-19-59(20-8-1)60-33-47-75(48-34-60)84(76-51-41-64(42-52-76)62-37-45-73(46-38-62)82(69-25-13-4-14-26-69)70-27-15-5-16-28-70)78-54-56-80-66(58-78)32-31-65-57-77(53-55-79(65)80)83(71-29-17-6-18-30-71)74-49-39-63(40-50-74)61-35-43-72(44-36-61)81(67-21-9-2-10-22-67)68-23-11-3-12-24-68/h1-58H. The molecule has 0 spiro atoms. The summed E-state index contributed by atoms with van der Waals surface area (Å²) < 4.78 is 0. The molecule has 0 fully saturated rings. The summed E-state index contributed by atoms with van der Waals surface area (Å²) in [5, 5.41) is 4.76. The Kier molecular flexibility index (Phi) is 14.0. The van der Waals surface area contributed by atoms with Gasteiger partial charge < -0.3 is 19.6 Å². The average Bonchev–Trinajstić information content (AvgIpc) is 3.48. The van der Waals surface area contributed by atoms with Crippen molar-refractivity contribution in [2.24, 2.45) is 0 Å². The second-order valence-electron chi connectivity index (χ2n) is 21.0. The third-order valence-corrected chi connectivity index (χ3v) is 15.8. The molecule has 0 saturated carbocycles. The van der Waals surface area contributed by atoms with Gasteiger partial charge in [0.2, 0.25) is 0 Å². The van der Waals surface area contributed by atoms with E-state index in [0.29, 0.717) is 0 Å². The normalized spacial score (nSPS) is 11.1. The lowest BCUT2D eigenvalue weighted by Crippen LogP contribution is -2.10. The van der Waals surface area contributed by atoms with Gasteiger partial charge in [0.15, 0.2) is 0 Å². The lowest BCUT2D eigenvalue weighted by Gasteiger charge is -2.27. The van der Waals surface area contributed by atoms with E-state index in [-0.39, 0.29) is 0 Å². The first kappa shape index (κ1) is 51.0. The molecule has 0 unspecified atom stereocenters. The first-order valence-corrected chi connectivity index (χ1v) is 28.6. The van der Waals surface area contributed by atoms with Crippen molar-refractivity contribution in [2.75, 3.05) is 19.6 Å². The maximum absolute atomic E-state index is 2.37. The number of rotatable bonds is 15. The van der Waals surface area contributed by atoms with Crippen molar-refractivity contribution in [1.82, 2.24) is 0 Å². The molecule has 0 aliphatic heterocycles. The van der Waals surface area contributed by atoms with E-state index in [4.69, 9.17) is 0 Å². The molecule has 398 valence electrons. The van der Waals surface area contributed by atoms with Gasteiger partial charge in [0.25, 0.3) is 0 Å². The molecule has 4 nitrogen and oxygen atoms in total. The van der Waals surface area contributed by atoms with Gasteiger partial charge in [-0.3, -0.25) is 0 Å². The summed E-state index contributed by atoms with van der Waals surface area (Å²) in [4.78, 5) is 9.31. The molecule has 14 aromatic rings. The molecule has 0 aliphatic rings. The molecular formula is C80H58N4. The molecule has 0 heterocycles. The van der Waals surface area contributed by atoms with E-state index in [1.165, 1.54) is 32.7 Å². The van der Waals surface area contributed by atoms with Crippen LogP contribution < -0.4 is 19.6 Å². The van der Waals surface area contributed by atoms with Crippen LogP contribution in [0.1, 0.15) is 0 Å². The number of benzene rings is 14. The van der Waals surface area contributed by atoms with Crippen LogP contribution in [0, 0.1) is 0 Å². The Bertz CT molecular complexity index is 4390. The average molecular weight is 1080 g/mol. The summed E-state index contributed by atoms with van der Waals surface area (Å²) in [5.41, 5.74) is 20.2. The zero-order chi connectivity index (χ0) is 56.0. The third kappa shape index (κ3) is 10.4. The third-order valence-electron chi connectivity index (χ3n) is 15.8. The van der Waals surface area contributed by atoms with Crippen molar-refractivity contribution in [2.45, 2.75) is 0 Å². The summed E-state index contributed by atoms with van der Waals surface area (Å²) >= 11 is 0. The van der Waals surface area contributed by atoms with Crippen LogP contribution in [-0.4, -0.2) is 0 Å². The molecular weight excluding hydrogens is 1020 g/mol. The smallest absolute Gasteiger partial charge is 0.0468 e. The quantitative estimate of drug-likeness (QED) is 0.0949. The molecule has 0 amide bonds. The number of anilines is 12. The Morgan fingerprint density at radius 1 is 0.131 bits per heavy atom. The van der Waals surface area contributed by atoms with Gasteiger partial charge in [-0.25, -0.2) is 0 Å². The van der Waals surface area contributed by atoms with Crippen LogP contribution in [0.5, 0.6) is 0 Å². The van der Waals surface area contributed by atoms with Crippen LogP contribution >= 0.6 is 0 Å². The van der Waals surface area contributed by atoms with Gasteiger partial charge in [0.1, 0.15) is 0 Å². The molecule has 0 aromatic heterocycles. The number of hydrogen-bond donors (Lipinski definition) is 0. The van der Waals surface area contributed by atoms with Crippen molar-refractivity contribution in [3.63, 3.8) is 0 Å². The highest BCUT2D eigenvalue weighted by Crippen LogP contribution is 2.43. The number of fused-ring (bicyclic) bond motifs is 3. The second kappa shape index (κ2) is 23.1. The highest BCUT2D eigenvalue weighted by atomic mass is 15.2. The van der Waals surface area contributed by atoms with Crippen molar-refractivity contribution in [3.05, 3.63) is 352 Å². The summed E-state index contributed by atoms with van der Waals surface area (Å²) in [5.74, 6) is 0. The minimum atomic E-state index is 1.08. The highest BCUT2D eigenvalue weighted by molar-refractivity contribution is 6.10. The van der Waals surface area contributed by atoms with Gasteiger partial charge in [-0.15, -0.1) is 0 Å². The Labute approximate surface area is 491 Å². The first-order valence-electron chi connectivity index (χ1n) is 28.6. The number of hydrogen-bond acceptors (Lipinski definition) is 4. The molecule has 0 atom stereocenters. The van der Waals surface area contributed by atoms with Crippen LogP contribution in [0.15, 0.2) is 352 Å². The van der Waals surface area contributed by atoms with Crippen LogP contribution in [0.3, 0.4) is 0 Å². The zero-order valence-electron chi connectivity index (χ0n) is 46.3. The molecule has 4 heteroatoms. The molecule has 0 saturated heterocycles. The predicted octanol–water partition coefficient (Wildman–Crippen LogP) is 22.9. The monoisotopic (exact) mass is 1070 g/mol. The Morgan fingerprint density at radius 2 is 0.310 bits per heavy atom. The number of para-hydroxylation sites is 5. The number of nitrogens with zero attached hydrogens (tertiary/aromatic N) is 4. The highest BCUT2D eigenvalue weighted by Gasteiger charge is 2.19. The SMILES string of the molecule is c1ccc(-c2ccc(N(c3ccc(-c4ccc(N(c5ccccc5)c5ccccc5)cc4)cc3)c3ccc4c(ccc5cc(N(c6ccccc6)c6ccc(-c7ccc(N(c8ccccc8)c8ccccc8)cc7)cc6)ccc54)c3)cc2)cc1. The second-order valence-corrected chi connectivity index (χ2v) is 21.0. The molecule has 0 radical (unpaired) electrons. The molecule has 14 aromatic carbocycles. The van der Waals surface area contributed by atoms with Gasteiger partial charge in [-0.1, -0.05) is 206 Å². The fraction of sp³-hybridized carbons (Fsp3) is 0. The van der Waals surface area contributed by atoms with E-state index < -0.39 is 0 Å². The van der Waals surface area contributed by atoms with Crippen LogP contribution in [0.4, 0.5) is 68.2 Å². The molecule has 84 heavy (non-hydrogen) atoms. The molecule has 0 aliphatic carbocycles. The van der Waals surface area contributed by atoms with Gasteiger partial charge in [-0.05, 0) is 201 Å². The van der Waals surface area contributed by atoms with Crippen molar-refractivity contribution >= 4 is 89.8 Å². The van der Waals surface area contributed by atoms with E-state index in [1.807, 2.05) is 0 Å². The summed E-state index contributed by atoms with van der Waals surface area (Å²) in [6.45, 7) is 0. The summed E-state index contributed by atoms with van der Waals surface area (Å²) in [6.07, 6.45) is 0. The minimum Gasteiger partial charge on any atom is -0.311 e. The van der Waals surface area contributed by atoms with E-state index in [1.54, 1.807) is 0 Å². The van der Waals surface area contributed by atoms with E-state index >= 15 is 0 Å². The largest absolute Gasteiger partial charge is 0.311 e. The van der Waals surface area contributed by atoms with E-state index in [2.05, 4.69) is 371 Å². The molecule has 14 rings (SSSR count). The Hall–Kier alpha value is -11.2. The van der Waals surface area contributed by atoms with E-state index in [9.17, 15) is 0 Å². The Morgan fingerprint density at radius 3 is 0.548 bits per heavy atom. The van der Waals surface area contributed by atoms with Gasteiger partial charge >= 0.3 is 0 Å². The fourth-order valence-corrected chi connectivity index (χ4v) is 11.6. The van der Waals surface area contributed by atoms with Gasteiger partial charge in [0, 0.05) is 68.2 Å². The van der Waals surface area contributed by atoms with E-state index in [0.717, 1.165) is 90.5 Å². The van der Waals surface area contributed by atoms with Crippen LogP contribution in [0.2, 0.25) is 0 Å². The van der Waals surface area contributed by atoms with Crippen molar-refractivity contribution < 1.29 is 0 Å². The topological polar surface area (TPSA) is 13.0 Å². The molecule has 0 N–H and O–H groups in total. The molecule has 0 bridgehead atoms. The lowest BCUT2D eigenvalue weighted by molar-refractivity contribution is 1.28. The maximum Gasteiger partial charge on any atom is 0.0468 e. The van der Waals surface area contributed by atoms with Gasteiger partial charge in [0.05, 0.1) is 0 Å². The Balaban J connectivity index is 0.764. The van der Waals surface area contributed by atoms with Crippen molar-refractivity contribution in [3.8, 4) is 33.4 Å². The zero-order valence-corrected chi connectivity index (χ0v) is 46.3. The van der Waals surface area contributed by atoms with Crippen LogP contribution in [0.25, 0.3) is 54.9 Å². The minimum absolute atomic E-state index is 1.08.